The summed E-state index contributed by atoms with van der Waals surface area (Å²) in [5.41, 5.74) is 0.713. The quantitative estimate of drug-likeness (QED) is 0.854. The Morgan fingerprint density at radius 1 is 1.29 bits per heavy atom. The van der Waals surface area contributed by atoms with Crippen LogP contribution in [0.5, 0.6) is 0 Å². The smallest absolute Gasteiger partial charge is 0.325 e. The van der Waals surface area contributed by atoms with Crippen molar-refractivity contribution in [2.75, 3.05) is 5.01 Å². The van der Waals surface area contributed by atoms with E-state index < -0.39 is 17.9 Å². The number of carbonyl (C=O) groups excluding carboxylic acids is 2. The minimum atomic E-state index is -1.13. The molecule has 0 saturated heterocycles. The van der Waals surface area contributed by atoms with Crippen LogP contribution in [0.2, 0.25) is 0 Å². The van der Waals surface area contributed by atoms with Gasteiger partial charge in [-0.15, -0.1) is 0 Å². The first-order chi connectivity index (χ1) is 9.99. The molecule has 1 heterocycles. The molecule has 0 aliphatic carbocycles. The highest BCUT2D eigenvalue weighted by Gasteiger charge is 2.26. The lowest BCUT2D eigenvalue weighted by atomic mass is 10.1. The van der Waals surface area contributed by atoms with Gasteiger partial charge in [0.05, 0.1) is 5.69 Å². The Labute approximate surface area is 121 Å². The van der Waals surface area contributed by atoms with Gasteiger partial charge in [0.25, 0.3) is 5.91 Å². The minimum absolute atomic E-state index is 0.145. The Balaban J connectivity index is 2.19. The van der Waals surface area contributed by atoms with Gasteiger partial charge in [0.1, 0.15) is 11.8 Å². The number of anilines is 1. The van der Waals surface area contributed by atoms with E-state index in [0.29, 0.717) is 5.69 Å². The van der Waals surface area contributed by atoms with Crippen LogP contribution in [-0.2, 0) is 14.4 Å². The van der Waals surface area contributed by atoms with E-state index in [1.165, 1.54) is 11.9 Å². The molecule has 2 amide bonds. The van der Waals surface area contributed by atoms with Crippen molar-refractivity contribution < 1.29 is 19.5 Å². The lowest BCUT2D eigenvalue weighted by molar-refractivity contribution is -0.140. The first-order valence-electron chi connectivity index (χ1n) is 6.48. The Morgan fingerprint density at radius 3 is 2.57 bits per heavy atom. The third kappa shape index (κ3) is 3.44. The molecule has 0 radical (unpaired) electrons. The molecule has 1 aromatic carbocycles. The van der Waals surface area contributed by atoms with Crippen molar-refractivity contribution >= 4 is 29.2 Å². The SMILES string of the molecule is CC(NC(=O)C1=NN(c2ccccc2)C(=O)CC1)C(=O)O. The summed E-state index contributed by atoms with van der Waals surface area (Å²) in [6.45, 7) is 1.36. The number of carbonyl (C=O) groups is 3. The summed E-state index contributed by atoms with van der Waals surface area (Å²) in [6, 6.07) is 7.74. The summed E-state index contributed by atoms with van der Waals surface area (Å²) >= 11 is 0. The monoisotopic (exact) mass is 289 g/mol. The van der Waals surface area contributed by atoms with Crippen LogP contribution in [0, 0.1) is 0 Å². The maximum atomic E-state index is 12.0. The molecule has 2 rings (SSSR count). The molecule has 1 aromatic rings. The number of benzene rings is 1. The molecule has 0 saturated carbocycles. The Hall–Kier alpha value is -2.70. The molecule has 1 unspecified atom stereocenters. The van der Waals surface area contributed by atoms with Crippen LogP contribution in [0.1, 0.15) is 19.8 Å². The van der Waals surface area contributed by atoms with E-state index in [4.69, 9.17) is 5.11 Å². The molecule has 1 aliphatic heterocycles. The summed E-state index contributed by atoms with van der Waals surface area (Å²) in [7, 11) is 0. The van der Waals surface area contributed by atoms with Crippen molar-refractivity contribution in [2.24, 2.45) is 5.10 Å². The van der Waals surface area contributed by atoms with Gasteiger partial charge in [-0.25, -0.2) is 5.01 Å². The highest BCUT2D eigenvalue weighted by Crippen LogP contribution is 2.19. The van der Waals surface area contributed by atoms with E-state index >= 15 is 0 Å². The van der Waals surface area contributed by atoms with E-state index in [2.05, 4.69) is 10.4 Å². The van der Waals surface area contributed by atoms with Gasteiger partial charge in [0.15, 0.2) is 0 Å². The van der Waals surface area contributed by atoms with Gasteiger partial charge < -0.3 is 10.4 Å². The molecule has 7 heteroatoms. The topological polar surface area (TPSA) is 99.1 Å². The number of amides is 2. The fourth-order valence-corrected chi connectivity index (χ4v) is 1.83. The van der Waals surface area contributed by atoms with E-state index in [1.807, 2.05) is 6.07 Å². The number of nitrogens with one attached hydrogen (secondary N) is 1. The van der Waals surface area contributed by atoms with Crippen LogP contribution < -0.4 is 10.3 Å². The van der Waals surface area contributed by atoms with Gasteiger partial charge in [-0.1, -0.05) is 18.2 Å². The number of carboxylic acid groups (broad SMARTS) is 1. The zero-order chi connectivity index (χ0) is 15.4. The zero-order valence-corrected chi connectivity index (χ0v) is 11.4. The molecule has 1 atom stereocenters. The maximum absolute atomic E-state index is 12.0. The number of nitrogens with zero attached hydrogens (tertiary/aromatic N) is 2. The van der Waals surface area contributed by atoms with Crippen molar-refractivity contribution in [2.45, 2.75) is 25.8 Å². The van der Waals surface area contributed by atoms with Gasteiger partial charge >= 0.3 is 5.97 Å². The Morgan fingerprint density at radius 2 is 1.95 bits per heavy atom. The number of hydrogen-bond donors (Lipinski definition) is 2. The van der Waals surface area contributed by atoms with Crippen LogP contribution in [-0.4, -0.2) is 34.6 Å². The Bertz CT molecular complexity index is 597. The molecule has 1 aliphatic rings. The van der Waals surface area contributed by atoms with E-state index in [9.17, 15) is 14.4 Å². The van der Waals surface area contributed by atoms with Crippen molar-refractivity contribution in [3.63, 3.8) is 0 Å². The molecular weight excluding hydrogens is 274 g/mol. The number of rotatable bonds is 4. The average Bonchev–Trinajstić information content (AvgIpc) is 2.48. The number of aliphatic carboxylic acids is 1. The van der Waals surface area contributed by atoms with E-state index in [1.54, 1.807) is 24.3 Å². The Kier molecular flexibility index (Phi) is 4.32. The lowest BCUT2D eigenvalue weighted by Crippen LogP contribution is -2.44. The largest absolute Gasteiger partial charge is 0.480 e. The third-order valence-electron chi connectivity index (χ3n) is 3.01. The first kappa shape index (κ1) is 14.7. The molecule has 110 valence electrons. The van der Waals surface area contributed by atoms with Crippen molar-refractivity contribution in [1.29, 1.82) is 0 Å². The van der Waals surface area contributed by atoms with Crippen molar-refractivity contribution in [3.05, 3.63) is 30.3 Å². The fraction of sp³-hybridized carbons (Fsp3) is 0.286. The number of carboxylic acids is 1. The summed E-state index contributed by atoms with van der Waals surface area (Å²) < 4.78 is 0. The number of para-hydroxylation sites is 1. The first-order valence-corrected chi connectivity index (χ1v) is 6.48. The second-order valence-electron chi connectivity index (χ2n) is 4.62. The van der Waals surface area contributed by atoms with Crippen LogP contribution in [0.15, 0.2) is 35.4 Å². The fourth-order valence-electron chi connectivity index (χ4n) is 1.83. The zero-order valence-electron chi connectivity index (χ0n) is 11.4. The minimum Gasteiger partial charge on any atom is -0.480 e. The lowest BCUT2D eigenvalue weighted by Gasteiger charge is -2.23. The van der Waals surface area contributed by atoms with Crippen molar-refractivity contribution in [3.8, 4) is 0 Å². The van der Waals surface area contributed by atoms with Gasteiger partial charge in [-0.05, 0) is 19.1 Å². The molecule has 21 heavy (non-hydrogen) atoms. The maximum Gasteiger partial charge on any atom is 0.325 e. The molecular formula is C14H15N3O4. The summed E-state index contributed by atoms with van der Waals surface area (Å²) in [4.78, 5) is 34.6. The normalized spacial score (nSPS) is 16.1. The highest BCUT2D eigenvalue weighted by molar-refractivity contribution is 6.40. The second-order valence-corrected chi connectivity index (χ2v) is 4.62. The van der Waals surface area contributed by atoms with Crippen LogP contribution in [0.4, 0.5) is 5.69 Å². The molecule has 7 nitrogen and oxygen atoms in total. The summed E-state index contributed by atoms with van der Waals surface area (Å²) in [6.07, 6.45) is 0.350. The number of hydrazone groups is 1. The predicted molar refractivity (Wildman–Crippen MR) is 75.8 cm³/mol. The highest BCUT2D eigenvalue weighted by atomic mass is 16.4. The average molecular weight is 289 g/mol. The molecule has 0 fully saturated rings. The molecule has 0 spiro atoms. The summed E-state index contributed by atoms with van der Waals surface area (Å²) in [5.74, 6) is -1.90. The molecule has 0 bridgehead atoms. The van der Waals surface area contributed by atoms with Gasteiger partial charge in [-0.2, -0.15) is 5.10 Å². The second kappa shape index (κ2) is 6.17. The summed E-state index contributed by atoms with van der Waals surface area (Å²) in [5, 5.41) is 16.3. The number of hydrogen-bond acceptors (Lipinski definition) is 4. The van der Waals surface area contributed by atoms with Crippen LogP contribution >= 0.6 is 0 Å². The predicted octanol–water partition coefficient (Wildman–Crippen LogP) is 0.759. The van der Waals surface area contributed by atoms with E-state index in [-0.39, 0.29) is 24.5 Å². The van der Waals surface area contributed by atoms with Gasteiger partial charge in [0.2, 0.25) is 5.91 Å². The molecule has 0 aromatic heterocycles. The van der Waals surface area contributed by atoms with Crippen LogP contribution in [0.25, 0.3) is 0 Å². The third-order valence-corrected chi connectivity index (χ3v) is 3.01. The van der Waals surface area contributed by atoms with Crippen LogP contribution in [0.3, 0.4) is 0 Å². The van der Waals surface area contributed by atoms with Gasteiger partial charge in [-0.3, -0.25) is 14.4 Å². The molecule has 2 N–H and O–H groups in total. The van der Waals surface area contributed by atoms with Crippen molar-refractivity contribution in [1.82, 2.24) is 5.32 Å². The van der Waals surface area contributed by atoms with E-state index in [0.717, 1.165) is 0 Å². The standard InChI is InChI=1S/C14H15N3O4/c1-9(14(20)21)15-13(19)11-7-8-12(18)17(16-11)10-5-3-2-4-6-10/h2-6,9H,7-8H2,1H3,(H,15,19)(H,20,21). The van der Waals surface area contributed by atoms with Gasteiger partial charge in [0, 0.05) is 12.8 Å².